The highest BCUT2D eigenvalue weighted by Gasteiger charge is 2.51. The molecule has 40 heavy (non-hydrogen) atoms. The van der Waals surface area contributed by atoms with Crippen LogP contribution in [-0.4, -0.2) is 72.4 Å². The first kappa shape index (κ1) is 29.0. The number of halogens is 1. The van der Waals surface area contributed by atoms with Gasteiger partial charge in [0.15, 0.2) is 6.29 Å². The minimum atomic E-state index is -1.77. The molecule has 3 aliphatic rings. The van der Waals surface area contributed by atoms with Crippen LogP contribution in [0.4, 0.5) is 0 Å². The van der Waals surface area contributed by atoms with Crippen molar-refractivity contribution in [3.63, 3.8) is 0 Å². The zero-order valence-electron chi connectivity index (χ0n) is 22.2. The van der Waals surface area contributed by atoms with Crippen molar-refractivity contribution in [1.29, 1.82) is 0 Å². The van der Waals surface area contributed by atoms with Gasteiger partial charge in [-0.15, -0.1) is 34.3 Å². The second-order valence-corrected chi connectivity index (χ2v) is 13.1. The number of nitrogens with one attached hydrogen (secondary N) is 1. The predicted octanol–water partition coefficient (Wildman–Crippen LogP) is 3.98. The molecule has 1 aliphatic heterocycles. The number of amides is 1. The predicted molar refractivity (Wildman–Crippen MR) is 154 cm³/mol. The Morgan fingerprint density at radius 2 is 1.82 bits per heavy atom. The number of likely N-dealkylation sites (tertiary alicyclic amines) is 1. The molecule has 1 amide bonds. The van der Waals surface area contributed by atoms with E-state index in [0.717, 1.165) is 38.8 Å². The number of methoxy groups -OCH3 is 1. The maximum Gasteiger partial charge on any atom is 0.349 e. The number of allylic oxidation sites excluding steroid dienone is 1. The Morgan fingerprint density at radius 1 is 1.18 bits per heavy atom. The van der Waals surface area contributed by atoms with E-state index in [4.69, 9.17) is 21.1 Å². The maximum absolute atomic E-state index is 13.2. The number of carbonyl (C=O) groups is 3. The number of rotatable bonds is 10. The van der Waals surface area contributed by atoms with Gasteiger partial charge in [-0.1, -0.05) is 18.2 Å². The molecule has 0 bridgehead atoms. The molecule has 2 aromatic rings. The molecule has 8 nitrogen and oxygen atoms in total. The van der Waals surface area contributed by atoms with E-state index in [9.17, 15) is 19.5 Å². The summed E-state index contributed by atoms with van der Waals surface area (Å²) in [6.45, 7) is 2.40. The van der Waals surface area contributed by atoms with Crippen molar-refractivity contribution in [3.05, 3.63) is 68.3 Å². The van der Waals surface area contributed by atoms with E-state index in [1.165, 1.54) is 29.8 Å². The molecule has 214 valence electrons. The molecule has 2 fully saturated rings. The van der Waals surface area contributed by atoms with Crippen LogP contribution in [0.1, 0.15) is 41.9 Å². The fraction of sp³-hybridized carbons (Fsp3) is 0.483. The number of aldehydes is 1. The van der Waals surface area contributed by atoms with Gasteiger partial charge in [-0.25, -0.2) is 4.79 Å². The van der Waals surface area contributed by atoms with E-state index in [2.05, 4.69) is 10.2 Å². The Bertz CT molecular complexity index is 1230. The second kappa shape index (κ2) is 12.2. The summed E-state index contributed by atoms with van der Waals surface area (Å²) in [4.78, 5) is 40.4. The summed E-state index contributed by atoms with van der Waals surface area (Å²) in [6.07, 6.45) is 7.65. The zero-order valence-corrected chi connectivity index (χ0v) is 24.6. The first-order valence-electron chi connectivity index (χ1n) is 13.4. The van der Waals surface area contributed by atoms with E-state index < -0.39 is 23.0 Å². The Labute approximate surface area is 246 Å². The summed E-state index contributed by atoms with van der Waals surface area (Å²) in [5, 5.41) is 17.5. The molecule has 2 atom stereocenters. The molecule has 3 heterocycles. The molecule has 0 radical (unpaired) electrons. The van der Waals surface area contributed by atoms with Crippen molar-refractivity contribution in [2.75, 3.05) is 26.7 Å². The Kier molecular flexibility index (Phi) is 8.82. The molecule has 2 aromatic heterocycles. The summed E-state index contributed by atoms with van der Waals surface area (Å²) in [5.41, 5.74) is -1.25. The zero-order chi connectivity index (χ0) is 28.3. The van der Waals surface area contributed by atoms with Gasteiger partial charge in [0.05, 0.1) is 33.9 Å². The Balaban J connectivity index is 1.06. The van der Waals surface area contributed by atoms with E-state index in [1.54, 1.807) is 24.3 Å². The molecular weight excluding hydrogens is 572 g/mol. The summed E-state index contributed by atoms with van der Waals surface area (Å²) in [5.74, 6) is -0.306. The van der Waals surface area contributed by atoms with Crippen molar-refractivity contribution < 1.29 is 29.0 Å². The van der Waals surface area contributed by atoms with Gasteiger partial charge in [0.2, 0.25) is 11.5 Å². The minimum absolute atomic E-state index is 0.106. The lowest BCUT2D eigenvalue weighted by molar-refractivity contribution is -0.181. The number of carbonyl (C=O) groups excluding carboxylic acids is 3. The SMILES string of the molecule is COC1=CC(NC(=O)CCN2CCC3(CC2)CC(OC(=O)C(O)(c2cccs2)c2cccs2)C3)C(Cl)C=C1C=O. The average Bonchev–Trinajstić information content (AvgIpc) is 3.68. The van der Waals surface area contributed by atoms with Gasteiger partial charge < -0.3 is 24.8 Å². The van der Waals surface area contributed by atoms with Gasteiger partial charge in [-0.2, -0.15) is 0 Å². The highest BCUT2D eigenvalue weighted by molar-refractivity contribution is 7.12. The molecule has 5 rings (SSSR count). The van der Waals surface area contributed by atoms with Crippen molar-refractivity contribution >= 4 is 52.4 Å². The minimum Gasteiger partial charge on any atom is -0.496 e. The van der Waals surface area contributed by atoms with Crippen molar-refractivity contribution in [2.45, 2.75) is 55.2 Å². The van der Waals surface area contributed by atoms with Crippen LogP contribution >= 0.6 is 34.3 Å². The largest absolute Gasteiger partial charge is 0.496 e. The van der Waals surface area contributed by atoms with Crippen LogP contribution in [-0.2, 0) is 29.5 Å². The fourth-order valence-corrected chi connectivity index (χ4v) is 7.79. The molecular formula is C29H33ClN2O6S2. The highest BCUT2D eigenvalue weighted by atomic mass is 35.5. The lowest BCUT2D eigenvalue weighted by Gasteiger charge is -2.51. The topological polar surface area (TPSA) is 105 Å². The first-order chi connectivity index (χ1) is 19.3. The van der Waals surface area contributed by atoms with Crippen LogP contribution in [0.5, 0.6) is 0 Å². The van der Waals surface area contributed by atoms with Gasteiger partial charge in [0.25, 0.3) is 0 Å². The lowest BCUT2D eigenvalue weighted by Crippen LogP contribution is -2.52. The number of hydrogen-bond donors (Lipinski definition) is 2. The van der Waals surface area contributed by atoms with Crippen molar-refractivity contribution in [1.82, 2.24) is 10.2 Å². The molecule has 2 N–H and O–H groups in total. The van der Waals surface area contributed by atoms with Crippen LogP contribution in [0.15, 0.2) is 58.5 Å². The van der Waals surface area contributed by atoms with Crippen LogP contribution in [0, 0.1) is 5.41 Å². The third-order valence-corrected chi connectivity index (χ3v) is 10.5. The average molecular weight is 605 g/mol. The van der Waals surface area contributed by atoms with E-state index >= 15 is 0 Å². The molecule has 2 unspecified atom stereocenters. The number of alkyl halides is 1. The van der Waals surface area contributed by atoms with Gasteiger partial charge in [-0.05, 0) is 73.2 Å². The Hall–Kier alpha value is -2.50. The van der Waals surface area contributed by atoms with Crippen molar-refractivity contribution in [2.24, 2.45) is 5.41 Å². The molecule has 0 aromatic carbocycles. The van der Waals surface area contributed by atoms with E-state index in [0.29, 0.717) is 40.3 Å². The number of ether oxygens (including phenoxy) is 2. The Morgan fingerprint density at radius 3 is 2.38 bits per heavy atom. The molecule has 1 spiro atoms. The number of esters is 1. The van der Waals surface area contributed by atoms with Gasteiger partial charge in [0.1, 0.15) is 11.9 Å². The van der Waals surface area contributed by atoms with E-state index in [-0.39, 0.29) is 17.4 Å². The van der Waals surface area contributed by atoms with Gasteiger partial charge >= 0.3 is 5.97 Å². The summed E-state index contributed by atoms with van der Waals surface area (Å²) < 4.78 is 11.1. The number of hydrogen-bond acceptors (Lipinski definition) is 9. The van der Waals surface area contributed by atoms with Crippen LogP contribution in [0.25, 0.3) is 0 Å². The monoisotopic (exact) mass is 604 g/mol. The normalized spacial score (nSPS) is 23.1. The van der Waals surface area contributed by atoms with Gasteiger partial charge in [0, 0.05) is 13.0 Å². The number of thiophene rings is 2. The van der Waals surface area contributed by atoms with Crippen LogP contribution in [0.3, 0.4) is 0 Å². The first-order valence-corrected chi connectivity index (χ1v) is 15.6. The quantitative estimate of drug-likeness (QED) is 0.240. The molecule has 1 saturated heterocycles. The molecule has 2 aliphatic carbocycles. The molecule has 11 heteroatoms. The summed E-state index contributed by atoms with van der Waals surface area (Å²) in [7, 11) is 1.48. The smallest absolute Gasteiger partial charge is 0.349 e. The third-order valence-electron chi connectivity index (χ3n) is 8.19. The van der Waals surface area contributed by atoms with E-state index in [1.807, 2.05) is 22.9 Å². The highest BCUT2D eigenvalue weighted by Crippen LogP contribution is 2.51. The third kappa shape index (κ3) is 5.92. The lowest BCUT2D eigenvalue weighted by atomic mass is 9.61. The summed E-state index contributed by atoms with van der Waals surface area (Å²) in [6, 6.07) is 6.73. The maximum atomic E-state index is 13.2. The molecule has 1 saturated carbocycles. The van der Waals surface area contributed by atoms with Crippen LogP contribution < -0.4 is 5.32 Å². The fourth-order valence-electron chi connectivity index (χ4n) is 5.81. The van der Waals surface area contributed by atoms with Gasteiger partial charge in [-0.3, -0.25) is 9.59 Å². The van der Waals surface area contributed by atoms with Crippen LogP contribution in [0.2, 0.25) is 0 Å². The standard InChI is InChI=1S/C29H33ClN2O6S2/c1-37-23-15-22(21(30)14-19(23)18-33)31-26(34)6-9-32-10-7-28(8-11-32)16-20(17-28)38-27(35)29(36,24-4-2-12-39-24)25-5-3-13-40-25/h2-5,12-15,18,20-22,36H,6-11,16-17H2,1H3,(H,31,34). The van der Waals surface area contributed by atoms with Crippen molar-refractivity contribution in [3.8, 4) is 0 Å². The summed E-state index contributed by atoms with van der Waals surface area (Å²) >= 11 is 9.02. The number of piperidine rings is 1. The number of aliphatic hydroxyl groups is 1. The number of nitrogens with zero attached hydrogens (tertiary/aromatic N) is 1. The second-order valence-electron chi connectivity index (χ2n) is 10.7.